The van der Waals surface area contributed by atoms with Crippen molar-refractivity contribution < 1.29 is 0 Å². The number of rotatable bonds is 0. The van der Waals surface area contributed by atoms with Gasteiger partial charge in [0.15, 0.2) is 0 Å². The van der Waals surface area contributed by atoms with E-state index in [9.17, 15) is 0 Å². The molecule has 4 heteroatoms. The summed E-state index contributed by atoms with van der Waals surface area (Å²) < 4.78 is 0. The third-order valence-corrected chi connectivity index (χ3v) is 2.95. The average molecular weight is 240 g/mol. The third kappa shape index (κ3) is 2.72. The Morgan fingerprint density at radius 2 is 0.944 bits per heavy atom. The van der Waals surface area contributed by atoms with Crippen molar-refractivity contribution in [2.75, 3.05) is 0 Å². The van der Waals surface area contributed by atoms with E-state index in [1.165, 1.54) is 0 Å². The summed E-state index contributed by atoms with van der Waals surface area (Å²) in [6.07, 6.45) is 0. The molecule has 1 aliphatic heterocycles. The van der Waals surface area contributed by atoms with E-state index in [0.29, 0.717) is 0 Å². The molecule has 3 rings (SSSR count). The highest BCUT2D eigenvalue weighted by atomic mass is 15.0. The van der Waals surface area contributed by atoms with Crippen LogP contribution in [0.5, 0.6) is 0 Å². The largest absolute Gasteiger partial charge is 0.306 e. The van der Waals surface area contributed by atoms with Gasteiger partial charge >= 0.3 is 0 Å². The minimum atomic E-state index is 0.778. The summed E-state index contributed by atoms with van der Waals surface area (Å²) in [7, 11) is 0. The number of aromatic nitrogens is 2. The monoisotopic (exact) mass is 240 g/mol. The molecule has 0 aromatic carbocycles. The molecule has 2 aromatic rings. The molecule has 0 radical (unpaired) electrons. The zero-order chi connectivity index (χ0) is 12.2. The highest BCUT2D eigenvalue weighted by Crippen LogP contribution is 2.04. The fraction of sp³-hybridized carbons (Fsp3) is 0.286. The molecular formula is C14H16N4. The van der Waals surface area contributed by atoms with Crippen LogP contribution in [-0.2, 0) is 26.2 Å². The van der Waals surface area contributed by atoms with Gasteiger partial charge in [0.05, 0.1) is 22.8 Å². The van der Waals surface area contributed by atoms with Gasteiger partial charge in [0.1, 0.15) is 0 Å². The second-order valence-electron chi connectivity index (χ2n) is 4.45. The predicted molar refractivity (Wildman–Crippen MR) is 69.6 cm³/mol. The van der Waals surface area contributed by atoms with Crippen LogP contribution in [0.1, 0.15) is 22.8 Å². The van der Waals surface area contributed by atoms with E-state index in [4.69, 9.17) is 0 Å². The minimum Gasteiger partial charge on any atom is -0.306 e. The lowest BCUT2D eigenvalue weighted by Gasteiger charge is -2.10. The highest BCUT2D eigenvalue weighted by molar-refractivity contribution is 5.14. The van der Waals surface area contributed by atoms with Crippen LogP contribution in [0.25, 0.3) is 0 Å². The number of pyridine rings is 2. The van der Waals surface area contributed by atoms with Gasteiger partial charge in [-0.1, -0.05) is 12.1 Å². The first kappa shape index (κ1) is 11.3. The number of hydrogen-bond donors (Lipinski definition) is 2. The summed E-state index contributed by atoms with van der Waals surface area (Å²) in [6.45, 7) is 3.11. The summed E-state index contributed by atoms with van der Waals surface area (Å²) in [6, 6.07) is 12.3. The highest BCUT2D eigenvalue weighted by Gasteiger charge is 2.03. The van der Waals surface area contributed by atoms with E-state index in [1.807, 2.05) is 24.3 Å². The summed E-state index contributed by atoms with van der Waals surface area (Å²) in [5, 5.41) is 6.75. The van der Waals surface area contributed by atoms with Gasteiger partial charge in [-0.15, -0.1) is 0 Å². The lowest BCUT2D eigenvalue weighted by molar-refractivity contribution is 0.625. The first-order chi connectivity index (χ1) is 8.90. The zero-order valence-corrected chi connectivity index (χ0v) is 10.2. The van der Waals surface area contributed by atoms with Gasteiger partial charge in [-0.05, 0) is 24.3 Å². The molecule has 92 valence electrons. The fourth-order valence-corrected chi connectivity index (χ4v) is 2.09. The van der Waals surface area contributed by atoms with Crippen molar-refractivity contribution in [1.82, 2.24) is 20.6 Å². The molecule has 0 fully saturated rings. The Bertz CT molecular complexity index is 451. The van der Waals surface area contributed by atoms with E-state index in [2.05, 4.69) is 32.7 Å². The van der Waals surface area contributed by atoms with Crippen molar-refractivity contribution >= 4 is 0 Å². The van der Waals surface area contributed by atoms with Gasteiger partial charge in [0.2, 0.25) is 0 Å². The molecule has 0 unspecified atom stereocenters. The standard InChI is InChI=1S/C14H16N4/c1-3-11-7-15-9-13-5-2-6-14(18-13)10-16-8-12(4-1)17-11/h1-6,15-16H,7-10H2. The van der Waals surface area contributed by atoms with Crippen LogP contribution >= 0.6 is 0 Å². The minimum absolute atomic E-state index is 0.778. The van der Waals surface area contributed by atoms with E-state index in [1.54, 1.807) is 0 Å². The van der Waals surface area contributed by atoms with Gasteiger partial charge in [-0.2, -0.15) is 0 Å². The summed E-state index contributed by atoms with van der Waals surface area (Å²) in [4.78, 5) is 9.20. The summed E-state index contributed by atoms with van der Waals surface area (Å²) in [5.41, 5.74) is 4.30. The van der Waals surface area contributed by atoms with E-state index in [0.717, 1.165) is 49.0 Å². The molecule has 0 aliphatic carbocycles. The first-order valence-electron chi connectivity index (χ1n) is 6.21. The van der Waals surface area contributed by atoms with Crippen LogP contribution in [0.15, 0.2) is 36.4 Å². The molecule has 0 spiro atoms. The van der Waals surface area contributed by atoms with E-state index >= 15 is 0 Å². The zero-order valence-electron chi connectivity index (χ0n) is 10.2. The fourth-order valence-electron chi connectivity index (χ4n) is 2.09. The maximum Gasteiger partial charge on any atom is 0.0545 e. The second-order valence-corrected chi connectivity index (χ2v) is 4.45. The van der Waals surface area contributed by atoms with Crippen LogP contribution in [0.4, 0.5) is 0 Å². The molecule has 2 N–H and O–H groups in total. The Hall–Kier alpha value is -1.78. The molecule has 4 bridgehead atoms. The molecular weight excluding hydrogens is 224 g/mol. The number of fused-ring (bicyclic) bond motifs is 4. The molecule has 4 nitrogen and oxygen atoms in total. The SMILES string of the molecule is c1cc2nc(c1)CNCc1cccc(n1)CNC2. The Morgan fingerprint density at radius 1 is 0.611 bits per heavy atom. The molecule has 18 heavy (non-hydrogen) atoms. The molecule has 0 atom stereocenters. The quantitative estimate of drug-likeness (QED) is 0.730. The van der Waals surface area contributed by atoms with Crippen LogP contribution in [-0.4, -0.2) is 9.97 Å². The molecule has 1 aliphatic rings. The topological polar surface area (TPSA) is 49.8 Å². The normalized spacial score (nSPS) is 15.6. The molecule has 0 saturated carbocycles. The van der Waals surface area contributed by atoms with Crippen LogP contribution in [0, 0.1) is 0 Å². The first-order valence-corrected chi connectivity index (χ1v) is 6.21. The van der Waals surface area contributed by atoms with Crippen molar-refractivity contribution in [1.29, 1.82) is 0 Å². The molecule has 3 heterocycles. The van der Waals surface area contributed by atoms with Crippen molar-refractivity contribution in [2.24, 2.45) is 0 Å². The molecule has 0 saturated heterocycles. The van der Waals surface area contributed by atoms with Gasteiger partial charge < -0.3 is 10.6 Å². The lowest BCUT2D eigenvalue weighted by Crippen LogP contribution is -2.20. The van der Waals surface area contributed by atoms with Gasteiger partial charge in [0, 0.05) is 26.2 Å². The van der Waals surface area contributed by atoms with Gasteiger partial charge in [-0.3, -0.25) is 9.97 Å². The van der Waals surface area contributed by atoms with Crippen LogP contribution < -0.4 is 10.6 Å². The summed E-state index contributed by atoms with van der Waals surface area (Å²) >= 11 is 0. The average Bonchev–Trinajstić information content (AvgIpc) is 2.39. The van der Waals surface area contributed by atoms with Crippen molar-refractivity contribution in [3.05, 3.63) is 59.2 Å². The van der Waals surface area contributed by atoms with Crippen molar-refractivity contribution in [3.63, 3.8) is 0 Å². The summed E-state index contributed by atoms with van der Waals surface area (Å²) in [5.74, 6) is 0. The van der Waals surface area contributed by atoms with Gasteiger partial charge in [-0.25, -0.2) is 0 Å². The maximum atomic E-state index is 4.60. The van der Waals surface area contributed by atoms with Crippen molar-refractivity contribution in [3.8, 4) is 0 Å². The second kappa shape index (κ2) is 5.25. The Balaban J connectivity index is 1.84. The van der Waals surface area contributed by atoms with Crippen LogP contribution in [0.2, 0.25) is 0 Å². The molecule has 2 aromatic heterocycles. The molecule has 0 amide bonds. The Kier molecular flexibility index (Phi) is 3.30. The third-order valence-electron chi connectivity index (χ3n) is 2.95. The number of hydrogen-bond acceptors (Lipinski definition) is 4. The maximum absolute atomic E-state index is 4.60. The number of nitrogens with one attached hydrogen (secondary N) is 2. The lowest BCUT2D eigenvalue weighted by atomic mass is 10.2. The van der Waals surface area contributed by atoms with Gasteiger partial charge in [0.25, 0.3) is 0 Å². The number of nitrogens with zero attached hydrogens (tertiary/aromatic N) is 2. The Labute approximate surface area is 106 Å². The Morgan fingerprint density at radius 3 is 1.28 bits per heavy atom. The van der Waals surface area contributed by atoms with Crippen molar-refractivity contribution in [2.45, 2.75) is 26.2 Å². The predicted octanol–water partition coefficient (Wildman–Crippen LogP) is 1.37. The smallest absolute Gasteiger partial charge is 0.0545 e. The van der Waals surface area contributed by atoms with Crippen LogP contribution in [0.3, 0.4) is 0 Å². The van der Waals surface area contributed by atoms with E-state index < -0.39 is 0 Å². The van der Waals surface area contributed by atoms with E-state index in [-0.39, 0.29) is 0 Å².